The van der Waals surface area contributed by atoms with Gasteiger partial charge in [-0.2, -0.15) is 0 Å². The number of ether oxygens (including phenoxy) is 1. The van der Waals surface area contributed by atoms with Crippen LogP contribution in [-0.2, 0) is 16.0 Å². The smallest absolute Gasteiger partial charge is 0.243 e. The van der Waals surface area contributed by atoms with E-state index in [1.165, 1.54) is 4.90 Å². The van der Waals surface area contributed by atoms with Crippen molar-refractivity contribution in [3.63, 3.8) is 0 Å². The first kappa shape index (κ1) is 25.3. The Bertz CT molecular complexity index is 653. The maximum absolute atomic E-state index is 11.8. The van der Waals surface area contributed by atoms with E-state index >= 15 is 0 Å². The number of halogens is 3. The Morgan fingerprint density at radius 3 is 2.75 bits per heavy atom. The Hall–Kier alpha value is -0.770. The molecule has 6 nitrogen and oxygen atoms in total. The fraction of sp³-hybridized carbons (Fsp3) is 0.579. The summed E-state index contributed by atoms with van der Waals surface area (Å²) < 4.78 is 5.40. The number of likely N-dealkylation sites (N-methyl/N-ethyl adjacent to an activating group) is 1. The Labute approximate surface area is 194 Å². The molecule has 28 heavy (non-hydrogen) atoms. The first-order valence-corrected chi connectivity index (χ1v) is 9.95. The molecule has 1 aliphatic rings. The zero-order valence-corrected chi connectivity index (χ0v) is 20.2. The third-order valence-corrected chi connectivity index (χ3v) is 4.97. The summed E-state index contributed by atoms with van der Waals surface area (Å²) in [7, 11) is 3.45. The number of amides is 1. The van der Waals surface area contributed by atoms with Gasteiger partial charge < -0.3 is 20.3 Å². The minimum absolute atomic E-state index is 0. The highest BCUT2D eigenvalue weighted by molar-refractivity contribution is 14.0. The van der Waals surface area contributed by atoms with Crippen molar-refractivity contribution in [2.45, 2.75) is 19.3 Å². The molecule has 1 aromatic rings. The van der Waals surface area contributed by atoms with E-state index in [1.54, 1.807) is 20.2 Å². The lowest BCUT2D eigenvalue weighted by Crippen LogP contribution is -2.41. The number of guanidine groups is 1. The highest BCUT2D eigenvalue weighted by Gasteiger charge is 2.16. The van der Waals surface area contributed by atoms with Gasteiger partial charge in [0.2, 0.25) is 5.91 Å². The molecule has 2 rings (SSSR count). The van der Waals surface area contributed by atoms with Gasteiger partial charge in [-0.25, -0.2) is 4.99 Å². The molecule has 1 atom stereocenters. The minimum Gasteiger partial charge on any atom is -0.381 e. The van der Waals surface area contributed by atoms with Crippen molar-refractivity contribution >= 4 is 59.0 Å². The first-order valence-electron chi connectivity index (χ1n) is 9.19. The number of nitrogens with one attached hydrogen (secondary N) is 2. The van der Waals surface area contributed by atoms with Gasteiger partial charge in [-0.3, -0.25) is 4.79 Å². The summed E-state index contributed by atoms with van der Waals surface area (Å²) in [6, 6.07) is 5.56. The Balaban J connectivity index is 0.00000392. The number of carbonyl (C=O) groups is 1. The maximum atomic E-state index is 11.8. The molecule has 9 heteroatoms. The van der Waals surface area contributed by atoms with E-state index < -0.39 is 0 Å². The van der Waals surface area contributed by atoms with Gasteiger partial charge in [0, 0.05) is 49.8 Å². The average molecular weight is 543 g/mol. The minimum atomic E-state index is -0.0340. The van der Waals surface area contributed by atoms with E-state index in [1.807, 2.05) is 12.1 Å². The normalized spacial score (nSPS) is 16.4. The number of aryl methyl sites for hydroxylation is 1. The predicted octanol–water partition coefficient (Wildman–Crippen LogP) is 3.20. The molecule has 0 aliphatic carbocycles. The van der Waals surface area contributed by atoms with Crippen LogP contribution < -0.4 is 10.6 Å². The third-order valence-electron chi connectivity index (χ3n) is 4.38. The summed E-state index contributed by atoms with van der Waals surface area (Å²) in [4.78, 5) is 17.7. The molecule has 1 aromatic carbocycles. The van der Waals surface area contributed by atoms with Crippen molar-refractivity contribution in [1.29, 1.82) is 0 Å². The molecule has 1 saturated heterocycles. The number of aliphatic imine (C=N–C) groups is 1. The molecule has 1 unspecified atom stereocenters. The van der Waals surface area contributed by atoms with E-state index in [-0.39, 0.29) is 36.4 Å². The van der Waals surface area contributed by atoms with Crippen LogP contribution in [0.1, 0.15) is 18.4 Å². The van der Waals surface area contributed by atoms with E-state index in [0.717, 1.165) is 51.1 Å². The Morgan fingerprint density at radius 2 is 2.11 bits per heavy atom. The molecule has 0 saturated carbocycles. The molecule has 2 N–H and O–H groups in total. The van der Waals surface area contributed by atoms with Crippen molar-refractivity contribution in [1.82, 2.24) is 15.5 Å². The van der Waals surface area contributed by atoms with Gasteiger partial charge in [0.05, 0.1) is 6.61 Å². The summed E-state index contributed by atoms with van der Waals surface area (Å²) in [5, 5.41) is 7.94. The zero-order valence-electron chi connectivity index (χ0n) is 16.3. The molecule has 1 fully saturated rings. The summed E-state index contributed by atoms with van der Waals surface area (Å²) in [6.45, 7) is 3.21. The van der Waals surface area contributed by atoms with Gasteiger partial charge in [0.1, 0.15) is 6.54 Å². The fourth-order valence-corrected chi connectivity index (χ4v) is 3.16. The summed E-state index contributed by atoms with van der Waals surface area (Å²) in [6.07, 6.45) is 2.77. The molecule has 0 spiro atoms. The lowest BCUT2D eigenvalue weighted by molar-refractivity contribution is -0.127. The summed E-state index contributed by atoms with van der Waals surface area (Å²) in [5.74, 6) is 1.10. The Kier molecular flexibility index (Phi) is 12.1. The summed E-state index contributed by atoms with van der Waals surface area (Å²) in [5.41, 5.74) is 1.07. The molecule has 0 bridgehead atoms. The highest BCUT2D eigenvalue weighted by Crippen LogP contribution is 2.21. The average Bonchev–Trinajstić information content (AvgIpc) is 3.14. The molecule has 1 heterocycles. The van der Waals surface area contributed by atoms with E-state index in [2.05, 4.69) is 15.6 Å². The van der Waals surface area contributed by atoms with Crippen LogP contribution in [0.5, 0.6) is 0 Å². The lowest BCUT2D eigenvalue weighted by Gasteiger charge is -2.16. The first-order chi connectivity index (χ1) is 13.0. The second kappa shape index (κ2) is 13.5. The van der Waals surface area contributed by atoms with Crippen molar-refractivity contribution in [2.24, 2.45) is 10.9 Å². The topological polar surface area (TPSA) is 66.0 Å². The van der Waals surface area contributed by atoms with Crippen LogP contribution in [-0.4, -0.2) is 63.7 Å². The van der Waals surface area contributed by atoms with Crippen LogP contribution in [0.2, 0.25) is 10.0 Å². The van der Waals surface area contributed by atoms with Gasteiger partial charge >= 0.3 is 0 Å². The molecular formula is C19H29Cl2IN4O2. The van der Waals surface area contributed by atoms with Gasteiger partial charge in [-0.1, -0.05) is 29.3 Å². The van der Waals surface area contributed by atoms with Gasteiger partial charge in [-0.05, 0) is 37.0 Å². The van der Waals surface area contributed by atoms with E-state index in [4.69, 9.17) is 27.9 Å². The third kappa shape index (κ3) is 9.15. The van der Waals surface area contributed by atoms with Crippen molar-refractivity contribution in [3.05, 3.63) is 33.8 Å². The zero-order chi connectivity index (χ0) is 19.6. The quantitative estimate of drug-likeness (QED) is 0.229. The Morgan fingerprint density at radius 1 is 1.32 bits per heavy atom. The number of hydrogen-bond acceptors (Lipinski definition) is 3. The molecule has 0 radical (unpaired) electrons. The van der Waals surface area contributed by atoms with Gasteiger partial charge in [-0.15, -0.1) is 24.0 Å². The largest absolute Gasteiger partial charge is 0.381 e. The maximum Gasteiger partial charge on any atom is 0.243 e. The van der Waals surface area contributed by atoms with E-state index in [9.17, 15) is 4.79 Å². The lowest BCUT2D eigenvalue weighted by atomic mass is 10.1. The number of carbonyl (C=O) groups excluding carboxylic acids is 1. The number of nitrogens with zero attached hydrogens (tertiary/aromatic N) is 2. The van der Waals surface area contributed by atoms with Crippen molar-refractivity contribution in [3.8, 4) is 0 Å². The van der Waals surface area contributed by atoms with Crippen LogP contribution in [0.3, 0.4) is 0 Å². The molecular weight excluding hydrogens is 514 g/mol. The highest BCUT2D eigenvalue weighted by atomic mass is 127. The van der Waals surface area contributed by atoms with Gasteiger partial charge in [0.15, 0.2) is 5.96 Å². The number of benzene rings is 1. The molecule has 0 aromatic heterocycles. The summed E-state index contributed by atoms with van der Waals surface area (Å²) >= 11 is 12.1. The molecule has 158 valence electrons. The van der Waals surface area contributed by atoms with Crippen LogP contribution in [0.15, 0.2) is 23.2 Å². The standard InChI is InChI=1S/C19H28Cl2N4O2.HI/c1-25(2)18(26)12-24-19(23-11-14-7-9-27-13-14)22-8-3-4-15-5-6-16(20)10-17(15)21;/h5-6,10,14H,3-4,7-9,11-13H2,1-2H3,(H2,22,23,24);1H. The molecule has 1 amide bonds. The van der Waals surface area contributed by atoms with Crippen LogP contribution in [0.25, 0.3) is 0 Å². The van der Waals surface area contributed by atoms with Crippen LogP contribution in [0, 0.1) is 5.92 Å². The number of hydrogen-bond donors (Lipinski definition) is 2. The monoisotopic (exact) mass is 542 g/mol. The molecule has 1 aliphatic heterocycles. The van der Waals surface area contributed by atoms with Gasteiger partial charge in [0.25, 0.3) is 0 Å². The van der Waals surface area contributed by atoms with Crippen molar-refractivity contribution in [2.75, 3.05) is 46.9 Å². The fourth-order valence-electron chi connectivity index (χ4n) is 2.66. The van der Waals surface area contributed by atoms with Crippen molar-refractivity contribution < 1.29 is 9.53 Å². The second-order valence-electron chi connectivity index (χ2n) is 6.83. The second-order valence-corrected chi connectivity index (χ2v) is 7.67. The van der Waals surface area contributed by atoms with Crippen LogP contribution in [0.4, 0.5) is 0 Å². The van der Waals surface area contributed by atoms with E-state index in [0.29, 0.717) is 21.9 Å². The SMILES string of the molecule is CN(C)C(=O)CN=C(NCCCc1ccc(Cl)cc1Cl)NCC1CCOC1.I. The predicted molar refractivity (Wildman–Crippen MR) is 126 cm³/mol. The van der Waals surface area contributed by atoms with Crippen LogP contribution >= 0.6 is 47.2 Å². The number of rotatable bonds is 8.